The SMILES string of the molecule is CC(C)(C)OC(=O)C(C)(C)Oc1cc(C2CC2)cn2cc(Cn3cc(C(=O)NCc4ncn5ccc(Cl)c(F)c45)nn3)nc12.CC(C)(C)OC(=O)C(C)(C)Oc1cc(C2CC2)cn2cc(Cn3cc(C(=O)O)nn3)nc12.CC(C)(Oc1cc(C2CC2)cn2cc(Cn3cc(C(=O)NCc4ncn5ccc(Cl)c(F)c45)nn3)nc12)C(=O)O.Cl.NCc1ncn2ccc(Cl)c(F)c12. The summed E-state index contributed by atoms with van der Waals surface area (Å²) in [6.07, 6.45) is 31.6. The third kappa shape index (κ3) is 21.3. The van der Waals surface area contributed by atoms with E-state index in [1.165, 1.54) is 92.5 Å². The Balaban J connectivity index is 0.000000147. The first-order valence-corrected chi connectivity index (χ1v) is 42.1. The fourth-order valence-corrected chi connectivity index (χ4v) is 14.1. The van der Waals surface area contributed by atoms with Crippen LogP contribution >= 0.6 is 47.2 Å². The average Bonchev–Trinajstić information content (AvgIpc) is 1.63. The normalized spacial score (nSPS) is 13.6. The molecule has 0 aromatic carbocycles. The molecule has 44 heteroatoms. The molecule has 130 heavy (non-hydrogen) atoms. The number of imidazole rings is 6. The zero-order valence-electron chi connectivity index (χ0n) is 72.4. The zero-order valence-corrected chi connectivity index (χ0v) is 75.5. The molecule has 3 aliphatic carbocycles. The van der Waals surface area contributed by atoms with Gasteiger partial charge in [-0.3, -0.25) is 9.59 Å². The minimum atomic E-state index is -1.44. The molecule has 0 radical (unpaired) electrons. The highest BCUT2D eigenvalue weighted by molar-refractivity contribution is 6.31. The molecule has 37 nitrogen and oxygen atoms in total. The average molecular weight is 1870 g/mol. The minimum Gasteiger partial charge on any atom is -0.478 e. The summed E-state index contributed by atoms with van der Waals surface area (Å²) in [5.74, 6) is -3.22. The molecule has 0 saturated heterocycles. The third-order valence-corrected chi connectivity index (χ3v) is 21.5. The largest absolute Gasteiger partial charge is 0.478 e. The lowest BCUT2D eigenvalue weighted by Gasteiger charge is -2.29. The van der Waals surface area contributed by atoms with Crippen LogP contribution in [0, 0.1) is 17.5 Å². The molecular weight excluding hydrogens is 1780 g/mol. The predicted molar refractivity (Wildman–Crippen MR) is 467 cm³/mol. The van der Waals surface area contributed by atoms with Crippen molar-refractivity contribution in [2.24, 2.45) is 5.73 Å². The Hall–Kier alpha value is -13.3. The Bertz CT molecular complexity index is 6860. The Morgan fingerprint density at radius 1 is 0.446 bits per heavy atom. The standard InChI is InChI=1S/C30H32ClFN8O4.C26H24ClFN8O4.C22H27N5O5.C8H7ClFN3.ClH/c1-29(2,3)44-28(42)30(4,5)43-23-10-18(17-6-7-17)12-39-13-19(35-26(23)39)14-40-15-22(36-37-40)27(41)33-11-21-25-24(32)20(31)8-9-38(25)16-34-21;1-26(2,25(38)39)40-20-7-15(14-3-4-14)9-35-10-16(31-23(20)35)11-36-12-19(32-33-36)24(37)29-8-18-22-21(28)17(27)5-6-34(22)13-30-18;1-21(2,3)32-20(30)22(4,5)31-17-8-14(13-6-7-13)9-26-10-15(23-18(17)26)11-27-12-16(19(28)29)24-25-27;9-5-1-2-13-4-12-6(3-11)8(13)7(5)10;/h8-10,12-13,15-17H,6-7,11,14H2,1-5H3,(H,33,41);5-7,9-10,12-14H,3-4,8,11H2,1-2H3,(H,29,37)(H,38,39);8-10,12-13H,6-7,11H2,1-5H3,(H,28,29);1-2,4H,3,11H2;1H. The molecule has 3 aliphatic rings. The number of rotatable bonds is 26. The van der Waals surface area contributed by atoms with Crippen LogP contribution < -0.4 is 30.6 Å². The molecule has 0 unspecified atom stereocenters. The topological polar surface area (TPSA) is 435 Å². The molecule has 0 bridgehead atoms. The lowest BCUT2D eigenvalue weighted by molar-refractivity contribution is -0.171. The first kappa shape index (κ1) is 92.9. The molecule has 6 N–H and O–H groups in total. The first-order valence-electron chi connectivity index (χ1n) is 40.9. The van der Waals surface area contributed by atoms with E-state index in [4.69, 9.17) is 74.3 Å². The number of aromatic nitrogens is 21. The third-order valence-electron chi connectivity index (χ3n) is 20.6. The lowest BCUT2D eigenvalue weighted by Crippen LogP contribution is -2.43. The monoisotopic (exact) mass is 1860 g/mol. The van der Waals surface area contributed by atoms with Crippen LogP contribution in [0.2, 0.25) is 15.1 Å². The number of hydrogen-bond acceptors (Lipinski definition) is 24. The summed E-state index contributed by atoms with van der Waals surface area (Å²) in [5, 5.41) is 47.5. The molecule has 18 rings (SSSR count). The number of amides is 2. The summed E-state index contributed by atoms with van der Waals surface area (Å²) in [5.41, 5.74) is 8.85. The van der Waals surface area contributed by atoms with E-state index in [9.17, 15) is 47.0 Å². The molecule has 15 heterocycles. The summed E-state index contributed by atoms with van der Waals surface area (Å²) < 4.78 is 86.3. The Morgan fingerprint density at radius 3 is 1.05 bits per heavy atom. The second-order valence-electron chi connectivity index (χ2n) is 34.8. The number of nitrogens with zero attached hydrogens (tertiary/aromatic N) is 21. The highest BCUT2D eigenvalue weighted by atomic mass is 35.5. The molecule has 15 aromatic heterocycles. The van der Waals surface area contributed by atoms with Gasteiger partial charge in [-0.1, -0.05) is 50.4 Å². The highest BCUT2D eigenvalue weighted by Gasteiger charge is 2.40. The van der Waals surface area contributed by atoms with Crippen molar-refractivity contribution in [3.63, 3.8) is 0 Å². The molecule has 3 fully saturated rings. The van der Waals surface area contributed by atoms with Gasteiger partial charge >= 0.3 is 23.9 Å². The number of carbonyl (C=O) groups excluding carboxylic acids is 4. The zero-order chi connectivity index (χ0) is 92.3. The van der Waals surface area contributed by atoms with E-state index in [1.807, 2.05) is 110 Å². The van der Waals surface area contributed by atoms with Gasteiger partial charge in [0.05, 0.1) is 120 Å². The molecule has 682 valence electrons. The molecule has 0 aliphatic heterocycles. The number of halogens is 7. The van der Waals surface area contributed by atoms with E-state index in [2.05, 4.69) is 66.5 Å². The number of fused-ring (bicyclic) bond motifs is 6. The number of esters is 2. The van der Waals surface area contributed by atoms with Gasteiger partial charge in [0.1, 0.15) is 27.8 Å². The van der Waals surface area contributed by atoms with Crippen LogP contribution in [0.5, 0.6) is 17.2 Å². The number of nitrogens with one attached hydrogen (secondary N) is 2. The number of pyridine rings is 6. The van der Waals surface area contributed by atoms with Crippen LogP contribution in [0.25, 0.3) is 33.5 Å². The van der Waals surface area contributed by atoms with Crippen LogP contribution in [-0.4, -0.2) is 175 Å². The number of nitrogens with two attached hydrogens (primary N) is 1. The van der Waals surface area contributed by atoms with Gasteiger partial charge in [-0.15, -0.1) is 27.7 Å². The van der Waals surface area contributed by atoms with E-state index in [0.29, 0.717) is 91.6 Å². The fraction of sp³-hybridized carbons (Fsp3) is 0.372. The predicted octanol–water partition coefficient (Wildman–Crippen LogP) is 13.2. The van der Waals surface area contributed by atoms with Gasteiger partial charge in [0, 0.05) is 62.3 Å². The van der Waals surface area contributed by atoms with E-state index in [0.717, 1.165) is 55.2 Å². The van der Waals surface area contributed by atoms with Crippen molar-refractivity contribution in [1.82, 2.24) is 112 Å². The number of carbonyl (C=O) groups is 6. The smallest absolute Gasteiger partial charge is 0.358 e. The minimum absolute atomic E-state index is 0. The summed E-state index contributed by atoms with van der Waals surface area (Å²) in [6.45, 7) is 21.4. The maximum Gasteiger partial charge on any atom is 0.358 e. The number of carboxylic acid groups (broad SMARTS) is 2. The molecule has 0 atom stereocenters. The van der Waals surface area contributed by atoms with Crippen molar-refractivity contribution in [2.45, 2.75) is 207 Å². The molecule has 3 saturated carbocycles. The van der Waals surface area contributed by atoms with Gasteiger partial charge in [0.25, 0.3) is 11.8 Å². The fourth-order valence-electron chi connectivity index (χ4n) is 13.6. The highest BCUT2D eigenvalue weighted by Crippen LogP contribution is 2.45. The number of hydrogen-bond donors (Lipinski definition) is 5. The maximum absolute atomic E-state index is 14.5. The maximum atomic E-state index is 14.5. The molecule has 15 aromatic rings. The Labute approximate surface area is 759 Å². The van der Waals surface area contributed by atoms with Crippen molar-refractivity contribution in [3.8, 4) is 17.2 Å². The Kier molecular flexibility index (Phi) is 26.2. The van der Waals surface area contributed by atoms with E-state index in [-0.39, 0.29) is 94.9 Å². The molecule has 2 amide bonds. The summed E-state index contributed by atoms with van der Waals surface area (Å²) in [7, 11) is 0. The van der Waals surface area contributed by atoms with Crippen LogP contribution in [0.1, 0.15) is 222 Å². The lowest BCUT2D eigenvalue weighted by atomic mass is 10.1. The summed E-state index contributed by atoms with van der Waals surface area (Å²) >= 11 is 17.4. The van der Waals surface area contributed by atoms with Gasteiger partial charge < -0.3 is 76.7 Å². The second kappa shape index (κ2) is 36.7. The Morgan fingerprint density at radius 2 is 0.754 bits per heavy atom. The number of aromatic carboxylic acids is 1. The summed E-state index contributed by atoms with van der Waals surface area (Å²) in [6, 6.07) is 10.1. The molecule has 0 spiro atoms. The van der Waals surface area contributed by atoms with Crippen molar-refractivity contribution in [3.05, 3.63) is 230 Å². The number of aliphatic carboxylic acids is 1. The van der Waals surface area contributed by atoms with Gasteiger partial charge in [-0.2, -0.15) is 0 Å². The van der Waals surface area contributed by atoms with Gasteiger partial charge in [-0.25, -0.2) is 76.3 Å². The van der Waals surface area contributed by atoms with Crippen LogP contribution in [0.3, 0.4) is 0 Å². The second-order valence-corrected chi connectivity index (χ2v) is 36.0. The van der Waals surface area contributed by atoms with Gasteiger partial charge in [-0.05, 0) is 192 Å². The van der Waals surface area contributed by atoms with E-state index in [1.54, 1.807) is 50.7 Å². The number of ether oxygens (including phenoxy) is 5. The first-order chi connectivity index (χ1) is 61.0. The van der Waals surface area contributed by atoms with Crippen LogP contribution in [-0.2, 0) is 63.1 Å². The van der Waals surface area contributed by atoms with E-state index < -0.39 is 81.1 Å². The number of carboxylic acids is 2. The van der Waals surface area contributed by atoms with Crippen LogP contribution in [0.4, 0.5) is 13.2 Å². The van der Waals surface area contributed by atoms with Crippen molar-refractivity contribution in [2.75, 3.05) is 0 Å². The summed E-state index contributed by atoms with van der Waals surface area (Å²) in [4.78, 5) is 100. The van der Waals surface area contributed by atoms with Crippen molar-refractivity contribution < 1.29 is 75.8 Å². The van der Waals surface area contributed by atoms with Crippen LogP contribution in [0.15, 0.2) is 130 Å². The van der Waals surface area contributed by atoms with Crippen molar-refractivity contribution in [1.29, 1.82) is 0 Å². The molecular formula is C86H91Cl4F3N24O13. The quantitative estimate of drug-likeness (QED) is 0.0314. The van der Waals surface area contributed by atoms with Crippen molar-refractivity contribution >= 4 is 116 Å². The van der Waals surface area contributed by atoms with Gasteiger partial charge in [0.2, 0.25) is 0 Å². The van der Waals surface area contributed by atoms with E-state index >= 15 is 0 Å². The van der Waals surface area contributed by atoms with Gasteiger partial charge in [0.15, 0.2) is 85.5 Å².